The van der Waals surface area contributed by atoms with Gasteiger partial charge in [-0.05, 0) is 56.7 Å². The Kier molecular flexibility index (Phi) is 5.56. The number of carbonyl (C=O) groups is 1. The molecule has 0 bridgehead atoms. The van der Waals surface area contributed by atoms with Gasteiger partial charge in [0.25, 0.3) is 5.91 Å². The fourth-order valence-electron chi connectivity index (χ4n) is 2.89. The van der Waals surface area contributed by atoms with Crippen LogP contribution in [0.2, 0.25) is 5.02 Å². The molecular formula is C20H22ClN3O3. The second-order valence-electron chi connectivity index (χ2n) is 6.50. The summed E-state index contributed by atoms with van der Waals surface area (Å²) in [7, 11) is 1.85. The van der Waals surface area contributed by atoms with Crippen molar-refractivity contribution >= 4 is 17.5 Å². The number of benzene rings is 1. The fraction of sp³-hybridized carbons (Fsp3) is 0.300. The summed E-state index contributed by atoms with van der Waals surface area (Å²) < 4.78 is 13.1. The van der Waals surface area contributed by atoms with Crippen molar-refractivity contribution in [3.05, 3.63) is 69.9 Å². The minimum atomic E-state index is -0.278. The maximum atomic E-state index is 12.4. The third kappa shape index (κ3) is 4.52. The van der Waals surface area contributed by atoms with E-state index in [1.165, 1.54) is 0 Å². The fourth-order valence-corrected chi connectivity index (χ4v) is 3.12. The van der Waals surface area contributed by atoms with E-state index in [1.807, 2.05) is 46.1 Å². The molecule has 2 aromatic heterocycles. The molecule has 0 aliphatic rings. The Labute approximate surface area is 163 Å². The van der Waals surface area contributed by atoms with Crippen molar-refractivity contribution < 1.29 is 13.9 Å². The number of nitrogens with zero attached hydrogens (tertiary/aromatic N) is 2. The molecule has 142 valence electrons. The highest BCUT2D eigenvalue weighted by molar-refractivity contribution is 6.30. The van der Waals surface area contributed by atoms with Gasteiger partial charge in [-0.25, -0.2) is 0 Å². The predicted molar refractivity (Wildman–Crippen MR) is 103 cm³/mol. The van der Waals surface area contributed by atoms with Crippen molar-refractivity contribution in [2.45, 2.75) is 33.4 Å². The first-order valence-electron chi connectivity index (χ1n) is 8.62. The van der Waals surface area contributed by atoms with Crippen molar-refractivity contribution in [2.75, 3.05) is 0 Å². The van der Waals surface area contributed by atoms with Gasteiger partial charge >= 0.3 is 0 Å². The van der Waals surface area contributed by atoms with Crippen LogP contribution >= 0.6 is 11.6 Å². The lowest BCUT2D eigenvalue weighted by molar-refractivity contribution is 0.0907. The zero-order valence-corrected chi connectivity index (χ0v) is 16.5. The van der Waals surface area contributed by atoms with E-state index in [9.17, 15) is 4.79 Å². The third-order valence-electron chi connectivity index (χ3n) is 4.26. The van der Waals surface area contributed by atoms with Gasteiger partial charge in [0.05, 0.1) is 11.7 Å². The van der Waals surface area contributed by atoms with E-state index in [0.717, 1.165) is 22.6 Å². The van der Waals surface area contributed by atoms with E-state index in [2.05, 4.69) is 10.4 Å². The van der Waals surface area contributed by atoms with Gasteiger partial charge in [-0.15, -0.1) is 0 Å². The monoisotopic (exact) mass is 387 g/mol. The van der Waals surface area contributed by atoms with E-state index >= 15 is 0 Å². The molecule has 6 nitrogen and oxygen atoms in total. The van der Waals surface area contributed by atoms with Crippen LogP contribution in [0.5, 0.6) is 5.75 Å². The molecule has 2 heterocycles. The Hall–Kier alpha value is -2.73. The smallest absolute Gasteiger partial charge is 0.287 e. The van der Waals surface area contributed by atoms with Gasteiger partial charge in [0, 0.05) is 23.8 Å². The van der Waals surface area contributed by atoms with E-state index in [1.54, 1.807) is 22.9 Å². The summed E-state index contributed by atoms with van der Waals surface area (Å²) in [5, 5.41) is 7.89. The molecule has 0 spiro atoms. The number of carbonyl (C=O) groups excluding carboxylic acids is 1. The second-order valence-corrected chi connectivity index (χ2v) is 6.94. The number of hydrogen-bond donors (Lipinski definition) is 1. The van der Waals surface area contributed by atoms with Gasteiger partial charge in [0.2, 0.25) is 0 Å². The third-order valence-corrected chi connectivity index (χ3v) is 4.49. The lowest BCUT2D eigenvalue weighted by Crippen LogP contribution is -2.26. The number of rotatable bonds is 6. The Morgan fingerprint density at radius 3 is 2.78 bits per heavy atom. The summed E-state index contributed by atoms with van der Waals surface area (Å²) >= 11 is 5.95. The minimum Gasteiger partial charge on any atom is -0.485 e. The average molecular weight is 388 g/mol. The number of amides is 1. The highest BCUT2D eigenvalue weighted by atomic mass is 35.5. The zero-order valence-electron chi connectivity index (χ0n) is 15.7. The van der Waals surface area contributed by atoms with Crippen LogP contribution in [0.15, 0.2) is 40.9 Å². The highest BCUT2D eigenvalue weighted by Crippen LogP contribution is 2.23. The Morgan fingerprint density at radius 2 is 2.11 bits per heavy atom. The molecule has 27 heavy (non-hydrogen) atoms. The molecule has 0 saturated heterocycles. The maximum Gasteiger partial charge on any atom is 0.287 e. The number of halogens is 1. The van der Waals surface area contributed by atoms with Crippen LogP contribution in [0.1, 0.15) is 46.1 Å². The molecule has 1 aromatic carbocycles. The molecule has 0 saturated carbocycles. The van der Waals surface area contributed by atoms with Gasteiger partial charge in [0.15, 0.2) is 5.76 Å². The van der Waals surface area contributed by atoms with E-state index in [-0.39, 0.29) is 24.3 Å². The summed E-state index contributed by atoms with van der Waals surface area (Å²) in [4.78, 5) is 12.4. The summed E-state index contributed by atoms with van der Waals surface area (Å²) in [6.45, 7) is 5.98. The van der Waals surface area contributed by atoms with Crippen molar-refractivity contribution in [1.82, 2.24) is 15.1 Å². The predicted octanol–water partition coefficient (Wildman–Crippen LogP) is 4.35. The van der Waals surface area contributed by atoms with Crippen LogP contribution in [-0.2, 0) is 13.7 Å². The van der Waals surface area contributed by atoms with Crippen LogP contribution < -0.4 is 10.1 Å². The highest BCUT2D eigenvalue weighted by Gasteiger charge is 2.18. The number of hydrogen-bond acceptors (Lipinski definition) is 4. The molecule has 1 amide bonds. The van der Waals surface area contributed by atoms with Crippen molar-refractivity contribution in [3.8, 4) is 5.75 Å². The van der Waals surface area contributed by atoms with Crippen LogP contribution in [-0.4, -0.2) is 15.7 Å². The van der Waals surface area contributed by atoms with Crippen LogP contribution in [0, 0.1) is 13.8 Å². The van der Waals surface area contributed by atoms with Crippen molar-refractivity contribution in [1.29, 1.82) is 0 Å². The zero-order chi connectivity index (χ0) is 19.6. The summed E-state index contributed by atoms with van der Waals surface area (Å²) in [5.74, 6) is 1.26. The number of aromatic nitrogens is 2. The van der Waals surface area contributed by atoms with Crippen molar-refractivity contribution in [2.24, 2.45) is 7.05 Å². The van der Waals surface area contributed by atoms with Crippen LogP contribution in [0.25, 0.3) is 0 Å². The van der Waals surface area contributed by atoms with Gasteiger partial charge < -0.3 is 14.5 Å². The molecule has 1 N–H and O–H groups in total. The van der Waals surface area contributed by atoms with Gasteiger partial charge in [-0.1, -0.05) is 11.6 Å². The Balaban J connectivity index is 1.61. The molecule has 3 aromatic rings. The van der Waals surface area contributed by atoms with Gasteiger partial charge in [-0.2, -0.15) is 5.10 Å². The lowest BCUT2D eigenvalue weighted by atomic mass is 10.1. The topological polar surface area (TPSA) is 69.3 Å². The van der Waals surface area contributed by atoms with E-state index in [4.69, 9.17) is 20.8 Å². The lowest BCUT2D eigenvalue weighted by Gasteiger charge is -2.12. The standard InChI is InChI=1S/C20H22ClN3O3/c1-12-9-15(21)5-7-18(12)26-11-16-6-8-19(27-16)20(25)22-13(2)17-10-24(4)23-14(17)3/h5-10,13H,11H2,1-4H3,(H,22,25). The van der Waals surface area contributed by atoms with Crippen molar-refractivity contribution in [3.63, 3.8) is 0 Å². The molecule has 7 heteroatoms. The SMILES string of the molecule is Cc1cc(Cl)ccc1OCc1ccc(C(=O)NC(C)c2cn(C)nc2C)o1. The van der Waals surface area contributed by atoms with Gasteiger partial charge in [-0.3, -0.25) is 9.48 Å². The molecular weight excluding hydrogens is 366 g/mol. The Morgan fingerprint density at radius 1 is 1.33 bits per heavy atom. The van der Waals surface area contributed by atoms with Crippen LogP contribution in [0.3, 0.4) is 0 Å². The summed E-state index contributed by atoms with van der Waals surface area (Å²) in [6.07, 6.45) is 1.90. The number of furan rings is 1. The quantitative estimate of drug-likeness (QED) is 0.682. The normalized spacial score (nSPS) is 12.0. The molecule has 0 fully saturated rings. The maximum absolute atomic E-state index is 12.4. The number of nitrogens with one attached hydrogen (secondary N) is 1. The number of aryl methyl sites for hydroxylation is 3. The molecule has 0 aliphatic carbocycles. The van der Waals surface area contributed by atoms with E-state index < -0.39 is 0 Å². The largest absolute Gasteiger partial charge is 0.485 e. The first-order valence-corrected chi connectivity index (χ1v) is 9.00. The minimum absolute atomic E-state index is 0.173. The first-order chi connectivity index (χ1) is 12.8. The summed E-state index contributed by atoms with van der Waals surface area (Å²) in [5.41, 5.74) is 2.80. The number of ether oxygens (including phenoxy) is 1. The molecule has 0 radical (unpaired) electrons. The molecule has 3 rings (SSSR count). The Bertz CT molecular complexity index is 961. The van der Waals surface area contributed by atoms with Crippen LogP contribution in [0.4, 0.5) is 0 Å². The molecule has 1 unspecified atom stereocenters. The molecule has 1 atom stereocenters. The van der Waals surface area contributed by atoms with E-state index in [0.29, 0.717) is 10.8 Å². The molecule has 0 aliphatic heterocycles. The summed E-state index contributed by atoms with van der Waals surface area (Å²) in [6, 6.07) is 8.62. The first kappa shape index (κ1) is 19.0. The van der Waals surface area contributed by atoms with Gasteiger partial charge in [0.1, 0.15) is 18.1 Å². The second kappa shape index (κ2) is 7.88. The average Bonchev–Trinajstić information content (AvgIpc) is 3.20.